The number of hydrogen-bond acceptors (Lipinski definition) is 4. The highest BCUT2D eigenvalue weighted by molar-refractivity contribution is 7.16. The Labute approximate surface area is 133 Å². The lowest BCUT2D eigenvalue weighted by Crippen LogP contribution is -2.88. The van der Waals surface area contributed by atoms with E-state index in [0.29, 0.717) is 16.5 Å². The molecule has 0 saturated carbocycles. The van der Waals surface area contributed by atoms with Crippen LogP contribution >= 0.6 is 11.3 Å². The molecular weight excluding hydrogens is 300 g/mol. The quantitative estimate of drug-likeness (QED) is 0.711. The number of amides is 2. The molecule has 1 atom stereocenters. The molecule has 1 aromatic heterocycles. The smallest absolute Gasteiger partial charge is 0.280 e. The molecule has 1 heterocycles. The zero-order valence-corrected chi connectivity index (χ0v) is 13.7. The Morgan fingerprint density at radius 3 is 2.82 bits per heavy atom. The molecule has 1 aliphatic rings. The minimum atomic E-state index is -0.188. The van der Waals surface area contributed by atoms with Crippen LogP contribution in [0.5, 0.6) is 0 Å². The van der Waals surface area contributed by atoms with Crippen molar-refractivity contribution in [2.75, 3.05) is 25.5 Å². The van der Waals surface area contributed by atoms with E-state index in [1.807, 2.05) is 0 Å². The number of nitrogens with one attached hydrogen (secondary N) is 2. The number of nitrogens with two attached hydrogens (primary N) is 1. The third-order valence-electron chi connectivity index (χ3n) is 3.81. The first kappa shape index (κ1) is 16.5. The molecule has 1 aromatic rings. The summed E-state index contributed by atoms with van der Waals surface area (Å²) in [6, 6.07) is 2.23. The number of likely N-dealkylation sites (N-methyl/N-ethyl adjacent to an activating group) is 1. The number of quaternary nitrogens is 1. The lowest BCUT2D eigenvalue weighted by atomic mass is 9.89. The fraction of sp³-hybridized carbons (Fsp3) is 0.533. The molecule has 0 radical (unpaired) electrons. The summed E-state index contributed by atoms with van der Waals surface area (Å²) in [6.07, 6.45) is 2.98. The molecule has 0 bridgehead atoms. The zero-order chi connectivity index (χ0) is 16.1. The Morgan fingerprint density at radius 2 is 2.14 bits per heavy atom. The van der Waals surface area contributed by atoms with E-state index in [1.165, 1.54) is 16.2 Å². The van der Waals surface area contributed by atoms with Crippen LogP contribution in [-0.2, 0) is 22.4 Å². The third kappa shape index (κ3) is 3.84. The lowest BCUT2D eigenvalue weighted by molar-refractivity contribution is -0.632. The van der Waals surface area contributed by atoms with Crippen LogP contribution in [0.3, 0.4) is 0 Å². The second kappa shape index (κ2) is 7.38. The summed E-state index contributed by atoms with van der Waals surface area (Å²) in [5, 5.41) is 17.0. The van der Waals surface area contributed by atoms with Crippen molar-refractivity contribution in [1.82, 2.24) is 5.32 Å². The Bertz CT molecular complexity index is 618. The standard InChI is InChI=1S/C15H20N4O2S/c1-9-3-4-10-11(6-16)15(22-12(10)5-9)19-14(21)8-18-7-13(20)17-2/h9,18H,3-5,7-8H2,1-2H3,(H,17,20)(H,19,21)/p+1/t9-/m0/s1. The number of rotatable bonds is 5. The van der Waals surface area contributed by atoms with Crippen LogP contribution in [0.25, 0.3) is 0 Å². The summed E-state index contributed by atoms with van der Waals surface area (Å²) in [6.45, 7) is 2.59. The first-order valence-corrected chi connectivity index (χ1v) is 8.23. The van der Waals surface area contributed by atoms with E-state index in [0.717, 1.165) is 24.8 Å². The van der Waals surface area contributed by atoms with Crippen molar-refractivity contribution in [3.63, 3.8) is 0 Å². The maximum absolute atomic E-state index is 12.0. The van der Waals surface area contributed by atoms with Gasteiger partial charge in [0.05, 0.1) is 5.56 Å². The van der Waals surface area contributed by atoms with Gasteiger partial charge in [-0.1, -0.05) is 6.92 Å². The molecule has 6 nitrogen and oxygen atoms in total. The van der Waals surface area contributed by atoms with Crippen LogP contribution in [0.1, 0.15) is 29.3 Å². The number of hydrogen-bond donors (Lipinski definition) is 3. The van der Waals surface area contributed by atoms with E-state index in [2.05, 4.69) is 23.6 Å². The van der Waals surface area contributed by atoms with Crippen LogP contribution < -0.4 is 16.0 Å². The van der Waals surface area contributed by atoms with E-state index in [9.17, 15) is 14.9 Å². The van der Waals surface area contributed by atoms with E-state index in [1.54, 1.807) is 12.4 Å². The Hall–Kier alpha value is -1.91. The normalized spacial score (nSPS) is 16.5. The van der Waals surface area contributed by atoms with Gasteiger partial charge in [0, 0.05) is 11.9 Å². The van der Waals surface area contributed by atoms with Crippen LogP contribution in [0.4, 0.5) is 5.00 Å². The molecule has 22 heavy (non-hydrogen) atoms. The fourth-order valence-electron chi connectivity index (χ4n) is 2.57. The second-order valence-corrected chi connectivity index (χ2v) is 6.69. The number of nitrogens with zero attached hydrogens (tertiary/aromatic N) is 1. The molecular formula is C15H21N4O2S+. The Morgan fingerprint density at radius 1 is 1.41 bits per heavy atom. The molecule has 0 aliphatic heterocycles. The minimum absolute atomic E-state index is 0.119. The van der Waals surface area contributed by atoms with E-state index in [-0.39, 0.29) is 24.9 Å². The average molecular weight is 321 g/mol. The van der Waals surface area contributed by atoms with Crippen molar-refractivity contribution >= 4 is 28.2 Å². The largest absolute Gasteiger partial charge is 0.354 e. The fourth-order valence-corrected chi connectivity index (χ4v) is 3.95. The molecule has 4 N–H and O–H groups in total. The summed E-state index contributed by atoms with van der Waals surface area (Å²) in [4.78, 5) is 24.3. The number of carbonyl (C=O) groups excluding carboxylic acids is 2. The van der Waals surface area contributed by atoms with Gasteiger partial charge in [0.1, 0.15) is 11.1 Å². The van der Waals surface area contributed by atoms with Crippen molar-refractivity contribution in [1.29, 1.82) is 5.26 Å². The van der Waals surface area contributed by atoms with Gasteiger partial charge in [-0.25, -0.2) is 0 Å². The van der Waals surface area contributed by atoms with Crippen LogP contribution in [0.2, 0.25) is 0 Å². The summed E-state index contributed by atoms with van der Waals surface area (Å²) in [5.74, 6) is 0.320. The number of anilines is 1. The van der Waals surface area contributed by atoms with Gasteiger partial charge in [-0.15, -0.1) is 11.3 Å². The van der Waals surface area contributed by atoms with Crippen molar-refractivity contribution < 1.29 is 14.9 Å². The minimum Gasteiger partial charge on any atom is -0.354 e. The molecule has 2 rings (SSSR count). The molecule has 1 aliphatic carbocycles. The second-order valence-electron chi connectivity index (χ2n) is 5.59. The number of nitriles is 1. The predicted octanol–water partition coefficient (Wildman–Crippen LogP) is -0.00752. The molecule has 0 saturated heterocycles. The number of thiophene rings is 1. The molecule has 0 fully saturated rings. The van der Waals surface area contributed by atoms with Gasteiger partial charge >= 0.3 is 0 Å². The first-order valence-electron chi connectivity index (χ1n) is 7.41. The van der Waals surface area contributed by atoms with Crippen LogP contribution in [0.15, 0.2) is 0 Å². The van der Waals surface area contributed by atoms with Crippen molar-refractivity contribution in [2.24, 2.45) is 5.92 Å². The number of carbonyl (C=O) groups is 2. The molecule has 118 valence electrons. The van der Waals surface area contributed by atoms with Gasteiger partial charge in [-0.2, -0.15) is 5.26 Å². The SMILES string of the molecule is CNC(=O)C[NH2+]CC(=O)Nc1sc2c(c1C#N)CC[C@H](C)C2. The zero-order valence-electron chi connectivity index (χ0n) is 12.9. The van der Waals surface area contributed by atoms with E-state index < -0.39 is 0 Å². The molecule has 2 amide bonds. The van der Waals surface area contributed by atoms with Crippen LogP contribution in [-0.4, -0.2) is 32.0 Å². The average Bonchev–Trinajstić information content (AvgIpc) is 2.82. The van der Waals surface area contributed by atoms with Crippen molar-refractivity contribution in [3.8, 4) is 6.07 Å². The van der Waals surface area contributed by atoms with Gasteiger partial charge in [0.15, 0.2) is 13.1 Å². The molecule has 7 heteroatoms. The van der Waals surface area contributed by atoms with Gasteiger partial charge in [0.25, 0.3) is 11.8 Å². The van der Waals surface area contributed by atoms with Gasteiger partial charge in [0.2, 0.25) is 0 Å². The van der Waals surface area contributed by atoms with Crippen molar-refractivity contribution in [3.05, 3.63) is 16.0 Å². The summed E-state index contributed by atoms with van der Waals surface area (Å²) in [7, 11) is 1.56. The monoisotopic (exact) mass is 321 g/mol. The third-order valence-corrected chi connectivity index (χ3v) is 4.98. The van der Waals surface area contributed by atoms with E-state index >= 15 is 0 Å². The highest BCUT2D eigenvalue weighted by atomic mass is 32.1. The maximum Gasteiger partial charge on any atom is 0.280 e. The predicted molar refractivity (Wildman–Crippen MR) is 84.6 cm³/mol. The highest BCUT2D eigenvalue weighted by Crippen LogP contribution is 2.39. The highest BCUT2D eigenvalue weighted by Gasteiger charge is 2.24. The first-order chi connectivity index (χ1) is 10.5. The Kier molecular flexibility index (Phi) is 5.52. The lowest BCUT2D eigenvalue weighted by Gasteiger charge is -2.17. The van der Waals surface area contributed by atoms with Gasteiger partial charge in [-0.05, 0) is 30.7 Å². The topological polar surface area (TPSA) is 98.6 Å². The molecule has 0 unspecified atom stereocenters. The summed E-state index contributed by atoms with van der Waals surface area (Å²) >= 11 is 1.52. The summed E-state index contributed by atoms with van der Waals surface area (Å²) in [5.41, 5.74) is 1.72. The maximum atomic E-state index is 12.0. The Balaban J connectivity index is 1.99. The van der Waals surface area contributed by atoms with Crippen molar-refractivity contribution in [2.45, 2.75) is 26.2 Å². The molecule has 0 aromatic carbocycles. The van der Waals surface area contributed by atoms with Gasteiger partial charge < -0.3 is 16.0 Å². The number of fused-ring (bicyclic) bond motifs is 1. The van der Waals surface area contributed by atoms with Crippen LogP contribution in [0, 0.1) is 17.2 Å². The molecule has 0 spiro atoms. The van der Waals surface area contributed by atoms with E-state index in [4.69, 9.17) is 0 Å². The van der Waals surface area contributed by atoms with Gasteiger partial charge in [-0.3, -0.25) is 9.59 Å². The summed E-state index contributed by atoms with van der Waals surface area (Å²) < 4.78 is 0.